The molecule has 0 fully saturated rings. The maximum absolute atomic E-state index is 12.8. The minimum Gasteiger partial charge on any atom is -0.462 e. The van der Waals surface area contributed by atoms with E-state index in [2.05, 4.69) is 27.7 Å². The summed E-state index contributed by atoms with van der Waals surface area (Å²) in [5.74, 6) is 0.00680. The summed E-state index contributed by atoms with van der Waals surface area (Å²) in [5, 5.41) is 0. The van der Waals surface area contributed by atoms with Gasteiger partial charge in [0.1, 0.15) is 13.2 Å². The van der Waals surface area contributed by atoms with Gasteiger partial charge in [0.2, 0.25) is 0 Å². The Bertz CT molecular complexity index is 935. The standard InChI is InChI=1S/C56H108O6/c1-5-8-10-12-14-16-18-20-21-22-23-24-25-27-28-30-35-39-43-47-54(57)60-50-53(51-61-55(58)48-44-40-36-33-32-34-38-42-46-52(4)7-3)62-56(59)49-45-41-37-31-29-26-19-17-15-13-11-9-6-2/h52-53H,5-51H2,1-4H3/t52?,53-/m1/s1. The molecule has 62 heavy (non-hydrogen) atoms. The summed E-state index contributed by atoms with van der Waals surface area (Å²) in [6.07, 6.45) is 53.7. The van der Waals surface area contributed by atoms with Crippen LogP contribution in [0.1, 0.15) is 317 Å². The number of rotatable bonds is 51. The van der Waals surface area contributed by atoms with Crippen molar-refractivity contribution in [3.63, 3.8) is 0 Å². The Kier molecular flexibility index (Phi) is 49.1. The van der Waals surface area contributed by atoms with Crippen molar-refractivity contribution in [2.45, 2.75) is 323 Å². The first kappa shape index (κ1) is 60.4. The number of hydrogen-bond donors (Lipinski definition) is 0. The minimum absolute atomic E-state index is 0.0626. The maximum Gasteiger partial charge on any atom is 0.306 e. The van der Waals surface area contributed by atoms with Crippen LogP contribution in [0.3, 0.4) is 0 Å². The van der Waals surface area contributed by atoms with Crippen molar-refractivity contribution < 1.29 is 28.6 Å². The Hall–Kier alpha value is -1.59. The van der Waals surface area contributed by atoms with Gasteiger partial charge in [-0.2, -0.15) is 0 Å². The van der Waals surface area contributed by atoms with Crippen LogP contribution in [0.2, 0.25) is 0 Å². The van der Waals surface area contributed by atoms with Crippen molar-refractivity contribution in [2.24, 2.45) is 5.92 Å². The van der Waals surface area contributed by atoms with Gasteiger partial charge in [-0.05, 0) is 25.2 Å². The second kappa shape index (κ2) is 50.4. The number of hydrogen-bond acceptors (Lipinski definition) is 6. The average molecular weight is 877 g/mol. The third-order valence-electron chi connectivity index (χ3n) is 13.2. The van der Waals surface area contributed by atoms with Crippen LogP contribution in [0.4, 0.5) is 0 Å². The highest BCUT2D eigenvalue weighted by Crippen LogP contribution is 2.18. The SMILES string of the molecule is CCCCCCCCCCCCCCCCCCCCCC(=O)OC[C@H](COC(=O)CCCCCCCCCCC(C)CC)OC(=O)CCCCCCCCCCCCCCC. The van der Waals surface area contributed by atoms with E-state index < -0.39 is 6.10 Å². The molecular formula is C56H108O6. The number of esters is 3. The van der Waals surface area contributed by atoms with Crippen molar-refractivity contribution in [1.82, 2.24) is 0 Å². The molecule has 0 rings (SSSR count). The van der Waals surface area contributed by atoms with Crippen LogP contribution in [0.15, 0.2) is 0 Å². The topological polar surface area (TPSA) is 78.9 Å². The van der Waals surface area contributed by atoms with E-state index in [4.69, 9.17) is 14.2 Å². The lowest BCUT2D eigenvalue weighted by Crippen LogP contribution is -2.30. The van der Waals surface area contributed by atoms with Crippen molar-refractivity contribution in [3.05, 3.63) is 0 Å². The molecule has 0 heterocycles. The summed E-state index contributed by atoms with van der Waals surface area (Å²) in [4.78, 5) is 38.0. The molecule has 0 N–H and O–H groups in total. The van der Waals surface area contributed by atoms with Crippen LogP contribution in [0.5, 0.6) is 0 Å². The zero-order valence-electron chi connectivity index (χ0n) is 42.3. The summed E-state index contributed by atoms with van der Waals surface area (Å²) in [7, 11) is 0. The minimum atomic E-state index is -0.761. The van der Waals surface area contributed by atoms with Crippen LogP contribution in [0, 0.1) is 5.92 Å². The summed E-state index contributed by atoms with van der Waals surface area (Å²) in [5.41, 5.74) is 0. The van der Waals surface area contributed by atoms with Gasteiger partial charge in [-0.1, -0.05) is 278 Å². The fourth-order valence-corrected chi connectivity index (χ4v) is 8.54. The number of ether oxygens (including phenoxy) is 3. The third kappa shape index (κ3) is 47.9. The van der Waals surface area contributed by atoms with Crippen LogP contribution in [-0.4, -0.2) is 37.2 Å². The molecule has 0 aromatic heterocycles. The van der Waals surface area contributed by atoms with Gasteiger partial charge in [-0.25, -0.2) is 0 Å². The number of unbranched alkanes of at least 4 members (excludes halogenated alkanes) is 37. The fraction of sp³-hybridized carbons (Fsp3) is 0.946. The van der Waals surface area contributed by atoms with Crippen LogP contribution < -0.4 is 0 Å². The van der Waals surface area contributed by atoms with Crippen molar-refractivity contribution in [2.75, 3.05) is 13.2 Å². The number of carbonyl (C=O) groups excluding carboxylic acids is 3. The fourth-order valence-electron chi connectivity index (χ4n) is 8.54. The van der Waals surface area contributed by atoms with Gasteiger partial charge in [0.25, 0.3) is 0 Å². The molecule has 6 heteroatoms. The van der Waals surface area contributed by atoms with E-state index in [1.165, 1.54) is 212 Å². The third-order valence-corrected chi connectivity index (χ3v) is 13.2. The predicted octanol–water partition coefficient (Wildman–Crippen LogP) is 18.2. The zero-order valence-corrected chi connectivity index (χ0v) is 42.3. The quantitative estimate of drug-likeness (QED) is 0.0344. The van der Waals surface area contributed by atoms with Crippen LogP contribution in [-0.2, 0) is 28.6 Å². The summed E-state index contributed by atoms with van der Waals surface area (Å²) >= 11 is 0. The molecule has 1 unspecified atom stereocenters. The summed E-state index contributed by atoms with van der Waals surface area (Å²) in [6, 6.07) is 0. The number of carbonyl (C=O) groups is 3. The van der Waals surface area contributed by atoms with E-state index in [9.17, 15) is 14.4 Å². The Morgan fingerprint density at radius 3 is 0.839 bits per heavy atom. The molecule has 0 radical (unpaired) electrons. The first-order valence-electron chi connectivity index (χ1n) is 27.9. The lowest BCUT2D eigenvalue weighted by Gasteiger charge is -2.18. The Balaban J connectivity index is 4.26. The molecular weight excluding hydrogens is 769 g/mol. The molecule has 6 nitrogen and oxygen atoms in total. The summed E-state index contributed by atoms with van der Waals surface area (Å²) in [6.45, 7) is 9.05. The maximum atomic E-state index is 12.8. The first-order valence-corrected chi connectivity index (χ1v) is 27.9. The average Bonchev–Trinajstić information content (AvgIpc) is 3.27. The molecule has 2 atom stereocenters. The smallest absolute Gasteiger partial charge is 0.306 e. The van der Waals surface area contributed by atoms with Gasteiger partial charge >= 0.3 is 17.9 Å². The highest BCUT2D eigenvalue weighted by Gasteiger charge is 2.19. The molecule has 368 valence electrons. The molecule has 0 aliphatic heterocycles. The van der Waals surface area contributed by atoms with Gasteiger partial charge in [-0.15, -0.1) is 0 Å². The molecule has 0 amide bonds. The van der Waals surface area contributed by atoms with Crippen molar-refractivity contribution >= 4 is 17.9 Å². The lowest BCUT2D eigenvalue weighted by atomic mass is 9.99. The van der Waals surface area contributed by atoms with Crippen LogP contribution in [0.25, 0.3) is 0 Å². The van der Waals surface area contributed by atoms with E-state index in [1.54, 1.807) is 0 Å². The van der Waals surface area contributed by atoms with Gasteiger partial charge in [0.05, 0.1) is 0 Å². The molecule has 0 bridgehead atoms. The Morgan fingerprint density at radius 2 is 0.565 bits per heavy atom. The second-order valence-corrected chi connectivity index (χ2v) is 19.5. The molecule has 0 aromatic carbocycles. The molecule has 0 spiro atoms. The van der Waals surface area contributed by atoms with E-state index in [-0.39, 0.29) is 31.1 Å². The largest absolute Gasteiger partial charge is 0.462 e. The highest BCUT2D eigenvalue weighted by atomic mass is 16.6. The Labute approximate surface area is 387 Å². The molecule has 0 saturated carbocycles. The second-order valence-electron chi connectivity index (χ2n) is 19.5. The summed E-state index contributed by atoms with van der Waals surface area (Å²) < 4.78 is 16.8. The van der Waals surface area contributed by atoms with Crippen molar-refractivity contribution in [1.29, 1.82) is 0 Å². The van der Waals surface area contributed by atoms with Gasteiger partial charge in [0, 0.05) is 19.3 Å². The van der Waals surface area contributed by atoms with E-state index in [0.29, 0.717) is 19.3 Å². The Morgan fingerprint density at radius 1 is 0.323 bits per heavy atom. The van der Waals surface area contributed by atoms with Crippen LogP contribution >= 0.6 is 0 Å². The monoisotopic (exact) mass is 877 g/mol. The van der Waals surface area contributed by atoms with E-state index in [0.717, 1.165) is 63.7 Å². The van der Waals surface area contributed by atoms with E-state index >= 15 is 0 Å². The first-order chi connectivity index (χ1) is 30.4. The highest BCUT2D eigenvalue weighted by molar-refractivity contribution is 5.71. The normalized spacial score (nSPS) is 12.4. The van der Waals surface area contributed by atoms with Gasteiger partial charge < -0.3 is 14.2 Å². The molecule has 0 aliphatic rings. The van der Waals surface area contributed by atoms with E-state index in [1.807, 2.05) is 0 Å². The molecule has 0 saturated heterocycles. The molecule has 0 aromatic rings. The lowest BCUT2D eigenvalue weighted by molar-refractivity contribution is -0.167. The van der Waals surface area contributed by atoms with Gasteiger partial charge in [0.15, 0.2) is 6.10 Å². The predicted molar refractivity (Wildman–Crippen MR) is 266 cm³/mol. The van der Waals surface area contributed by atoms with Crippen molar-refractivity contribution in [3.8, 4) is 0 Å². The van der Waals surface area contributed by atoms with Gasteiger partial charge in [-0.3, -0.25) is 14.4 Å². The molecule has 0 aliphatic carbocycles. The zero-order chi connectivity index (χ0) is 45.2.